The van der Waals surface area contributed by atoms with Gasteiger partial charge in [0.2, 0.25) is 0 Å². The van der Waals surface area contributed by atoms with E-state index in [-0.39, 0.29) is 0 Å². The molecule has 94 valence electrons. The van der Waals surface area contributed by atoms with Gasteiger partial charge in [-0.15, -0.1) is 0 Å². The molecule has 0 aliphatic heterocycles. The van der Waals surface area contributed by atoms with Gasteiger partial charge in [0, 0.05) is 38.1 Å². The molecule has 1 aromatic heterocycles. The molecule has 0 amide bonds. The Bertz CT molecular complexity index is 309. The molecule has 0 saturated heterocycles. The highest BCUT2D eigenvalue weighted by molar-refractivity contribution is 5.07. The molecule has 0 spiro atoms. The third-order valence-corrected chi connectivity index (χ3v) is 3.20. The Labute approximate surface area is 104 Å². The van der Waals surface area contributed by atoms with Crippen LogP contribution in [0.1, 0.15) is 31.7 Å². The van der Waals surface area contributed by atoms with E-state index in [1.54, 1.807) is 0 Å². The summed E-state index contributed by atoms with van der Waals surface area (Å²) in [6.07, 6.45) is 7.82. The van der Waals surface area contributed by atoms with Gasteiger partial charge in [0.15, 0.2) is 0 Å². The normalized spacial score (nSPS) is 15.4. The first-order chi connectivity index (χ1) is 8.40. The van der Waals surface area contributed by atoms with Gasteiger partial charge in [-0.25, -0.2) is 0 Å². The molecule has 0 unspecified atom stereocenters. The summed E-state index contributed by atoms with van der Waals surface area (Å²) >= 11 is 0. The zero-order chi connectivity index (χ0) is 11.9. The van der Waals surface area contributed by atoms with Crippen molar-refractivity contribution >= 4 is 0 Å². The molecule has 3 heteroatoms. The second kappa shape index (κ2) is 6.72. The molecular weight excluding hydrogens is 210 g/mol. The summed E-state index contributed by atoms with van der Waals surface area (Å²) in [5.41, 5.74) is 1.26. The Morgan fingerprint density at radius 1 is 1.41 bits per heavy atom. The van der Waals surface area contributed by atoms with E-state index in [0.717, 1.165) is 19.1 Å². The first-order valence-corrected chi connectivity index (χ1v) is 6.74. The van der Waals surface area contributed by atoms with Gasteiger partial charge in [-0.05, 0) is 37.4 Å². The van der Waals surface area contributed by atoms with Gasteiger partial charge in [-0.3, -0.25) is 9.88 Å². The van der Waals surface area contributed by atoms with Crippen molar-refractivity contribution < 1.29 is 0 Å². The monoisotopic (exact) mass is 233 g/mol. The zero-order valence-electron chi connectivity index (χ0n) is 10.7. The largest absolute Gasteiger partial charge is 0.311 e. The molecule has 3 nitrogen and oxygen atoms in total. The number of pyridine rings is 1. The molecule has 17 heavy (non-hydrogen) atoms. The highest BCUT2D eigenvalue weighted by Crippen LogP contribution is 2.26. The average Bonchev–Trinajstić information content (AvgIpc) is 3.19. The van der Waals surface area contributed by atoms with Crippen LogP contribution >= 0.6 is 0 Å². The van der Waals surface area contributed by atoms with Crippen molar-refractivity contribution in [1.29, 1.82) is 0 Å². The maximum absolute atomic E-state index is 4.12. The van der Waals surface area contributed by atoms with Crippen LogP contribution in [-0.2, 0) is 6.54 Å². The Balaban J connectivity index is 1.61. The van der Waals surface area contributed by atoms with Crippen molar-refractivity contribution in [2.45, 2.75) is 38.8 Å². The quantitative estimate of drug-likeness (QED) is 0.697. The van der Waals surface area contributed by atoms with Gasteiger partial charge >= 0.3 is 0 Å². The maximum Gasteiger partial charge on any atom is 0.0312 e. The minimum atomic E-state index is 0.884. The minimum absolute atomic E-state index is 0.884. The topological polar surface area (TPSA) is 28.2 Å². The third kappa shape index (κ3) is 4.44. The summed E-state index contributed by atoms with van der Waals surface area (Å²) < 4.78 is 0. The molecule has 0 aromatic carbocycles. The lowest BCUT2D eigenvalue weighted by atomic mass is 10.3. The fourth-order valence-corrected chi connectivity index (χ4v) is 2.16. The first-order valence-electron chi connectivity index (χ1n) is 6.74. The second-order valence-corrected chi connectivity index (χ2v) is 4.81. The molecule has 1 aromatic rings. The van der Waals surface area contributed by atoms with Crippen LogP contribution in [0.3, 0.4) is 0 Å². The van der Waals surface area contributed by atoms with Crippen LogP contribution in [0.5, 0.6) is 0 Å². The van der Waals surface area contributed by atoms with Gasteiger partial charge in [0.05, 0.1) is 0 Å². The molecule has 1 saturated carbocycles. The molecule has 0 radical (unpaired) electrons. The van der Waals surface area contributed by atoms with E-state index in [0.29, 0.717) is 0 Å². The van der Waals surface area contributed by atoms with E-state index >= 15 is 0 Å². The van der Waals surface area contributed by atoms with Gasteiger partial charge < -0.3 is 5.32 Å². The fraction of sp³-hybridized carbons (Fsp3) is 0.643. The van der Waals surface area contributed by atoms with E-state index in [1.807, 2.05) is 18.5 Å². The Kier molecular flexibility index (Phi) is 4.95. The van der Waals surface area contributed by atoms with Crippen LogP contribution in [-0.4, -0.2) is 35.6 Å². The van der Waals surface area contributed by atoms with Crippen molar-refractivity contribution in [3.8, 4) is 0 Å². The van der Waals surface area contributed by atoms with Gasteiger partial charge in [-0.1, -0.05) is 13.0 Å². The number of hydrogen-bond donors (Lipinski definition) is 1. The molecule has 1 aliphatic carbocycles. The summed E-state index contributed by atoms with van der Waals surface area (Å²) in [5, 5.41) is 3.49. The van der Waals surface area contributed by atoms with E-state index in [4.69, 9.17) is 0 Å². The minimum Gasteiger partial charge on any atom is -0.311 e. The van der Waals surface area contributed by atoms with E-state index in [9.17, 15) is 0 Å². The molecule has 0 bridgehead atoms. The van der Waals surface area contributed by atoms with Crippen LogP contribution in [0.4, 0.5) is 0 Å². The van der Waals surface area contributed by atoms with Crippen molar-refractivity contribution in [1.82, 2.24) is 15.2 Å². The molecule has 1 fully saturated rings. The van der Waals surface area contributed by atoms with Crippen LogP contribution in [0.2, 0.25) is 0 Å². The zero-order valence-corrected chi connectivity index (χ0v) is 10.7. The van der Waals surface area contributed by atoms with E-state index in [1.165, 1.54) is 37.9 Å². The van der Waals surface area contributed by atoms with Crippen molar-refractivity contribution in [2.24, 2.45) is 0 Å². The lowest BCUT2D eigenvalue weighted by molar-refractivity contribution is 0.263. The SMILES string of the molecule is CCCN(CCNCc1cccnc1)C1CC1. The van der Waals surface area contributed by atoms with Gasteiger partial charge in [0.25, 0.3) is 0 Å². The van der Waals surface area contributed by atoms with Crippen molar-refractivity contribution in [3.63, 3.8) is 0 Å². The number of hydrogen-bond acceptors (Lipinski definition) is 3. The highest BCUT2D eigenvalue weighted by atomic mass is 15.2. The molecule has 2 rings (SSSR count). The van der Waals surface area contributed by atoms with Crippen LogP contribution in [0.15, 0.2) is 24.5 Å². The molecule has 1 heterocycles. The summed E-state index contributed by atoms with van der Waals surface area (Å²) in [7, 11) is 0. The summed E-state index contributed by atoms with van der Waals surface area (Å²) in [5.74, 6) is 0. The fourth-order valence-electron chi connectivity index (χ4n) is 2.16. The standard InChI is InChI=1S/C14H23N3/c1-2-9-17(14-5-6-14)10-8-16-12-13-4-3-7-15-11-13/h3-4,7,11,14,16H,2,5-6,8-10,12H2,1H3. The lowest BCUT2D eigenvalue weighted by Gasteiger charge is -2.21. The molecule has 1 N–H and O–H groups in total. The van der Waals surface area contributed by atoms with Gasteiger partial charge in [-0.2, -0.15) is 0 Å². The highest BCUT2D eigenvalue weighted by Gasteiger charge is 2.27. The summed E-state index contributed by atoms with van der Waals surface area (Å²) in [4.78, 5) is 6.74. The number of aromatic nitrogens is 1. The predicted molar refractivity (Wildman–Crippen MR) is 70.8 cm³/mol. The summed E-state index contributed by atoms with van der Waals surface area (Å²) in [6.45, 7) is 6.69. The Hall–Kier alpha value is -0.930. The maximum atomic E-state index is 4.12. The van der Waals surface area contributed by atoms with E-state index in [2.05, 4.69) is 28.2 Å². The second-order valence-electron chi connectivity index (χ2n) is 4.81. The van der Waals surface area contributed by atoms with Crippen LogP contribution in [0, 0.1) is 0 Å². The lowest BCUT2D eigenvalue weighted by Crippen LogP contribution is -2.34. The number of nitrogens with one attached hydrogen (secondary N) is 1. The molecule has 0 atom stereocenters. The Morgan fingerprint density at radius 3 is 2.94 bits per heavy atom. The van der Waals surface area contributed by atoms with Crippen molar-refractivity contribution in [2.75, 3.05) is 19.6 Å². The third-order valence-electron chi connectivity index (χ3n) is 3.20. The Morgan fingerprint density at radius 2 is 2.29 bits per heavy atom. The first kappa shape index (κ1) is 12.5. The summed E-state index contributed by atoms with van der Waals surface area (Å²) in [6, 6.07) is 4.99. The van der Waals surface area contributed by atoms with Crippen LogP contribution in [0.25, 0.3) is 0 Å². The van der Waals surface area contributed by atoms with Crippen molar-refractivity contribution in [3.05, 3.63) is 30.1 Å². The molecule has 1 aliphatic rings. The van der Waals surface area contributed by atoms with Crippen LogP contribution < -0.4 is 5.32 Å². The predicted octanol–water partition coefficient (Wildman–Crippen LogP) is 2.05. The smallest absolute Gasteiger partial charge is 0.0312 e. The average molecular weight is 233 g/mol. The van der Waals surface area contributed by atoms with E-state index < -0.39 is 0 Å². The molecular formula is C14H23N3. The number of nitrogens with zero attached hydrogens (tertiary/aromatic N) is 2. The number of rotatable bonds is 8. The van der Waals surface area contributed by atoms with Gasteiger partial charge in [0.1, 0.15) is 0 Å².